The summed E-state index contributed by atoms with van der Waals surface area (Å²) in [6.07, 6.45) is 3.52. The zero-order valence-electron chi connectivity index (χ0n) is 14.0. The molecule has 128 valence electrons. The number of benzene rings is 1. The molecule has 0 bridgehead atoms. The molecule has 25 heavy (non-hydrogen) atoms. The van der Waals surface area contributed by atoms with Crippen LogP contribution in [0.5, 0.6) is 0 Å². The quantitative estimate of drug-likeness (QED) is 0.655. The highest BCUT2D eigenvalue weighted by molar-refractivity contribution is 5.97. The first-order chi connectivity index (χ1) is 12.0. The first-order valence-corrected chi connectivity index (χ1v) is 7.92. The highest BCUT2D eigenvalue weighted by Crippen LogP contribution is 2.30. The summed E-state index contributed by atoms with van der Waals surface area (Å²) < 4.78 is 0. The Morgan fingerprint density at radius 1 is 1.24 bits per heavy atom. The average molecular weight is 337 g/mol. The summed E-state index contributed by atoms with van der Waals surface area (Å²) in [6, 6.07) is 8.50. The number of fused-ring (bicyclic) bond motifs is 1. The molecular weight excluding hydrogens is 318 g/mol. The number of hydrogen-bond acceptors (Lipinski definition) is 6. The Hall–Kier alpha value is -3.22. The van der Waals surface area contributed by atoms with Crippen LogP contribution in [0.4, 0.5) is 11.8 Å². The van der Waals surface area contributed by atoms with E-state index in [1.165, 1.54) is 6.07 Å². The lowest BCUT2D eigenvalue weighted by molar-refractivity contribution is 0.0697. The molecule has 0 aliphatic carbocycles. The lowest BCUT2D eigenvalue weighted by atomic mass is 9.97. The lowest BCUT2D eigenvalue weighted by Gasteiger charge is -2.24. The summed E-state index contributed by atoms with van der Waals surface area (Å²) in [7, 11) is 0. The molecule has 0 radical (unpaired) electrons. The summed E-state index contributed by atoms with van der Waals surface area (Å²) in [4.78, 5) is 23.9. The molecule has 0 saturated heterocycles. The summed E-state index contributed by atoms with van der Waals surface area (Å²) in [5.74, 6) is -0.115. The van der Waals surface area contributed by atoms with Crippen LogP contribution < -0.4 is 11.1 Å². The second kappa shape index (κ2) is 6.72. The van der Waals surface area contributed by atoms with Gasteiger partial charge >= 0.3 is 5.97 Å². The number of anilines is 2. The molecule has 7 nitrogen and oxygen atoms in total. The Morgan fingerprint density at radius 3 is 2.68 bits per heavy atom. The standard InChI is InChI=1S/C18H19N5O2/c1-10(2)15(12-4-3-7-20-9-12)22-16-13-8-11(17(24)25)5-6-14(13)21-18(19)23-16/h3-10,15H,1-2H3,(H,24,25)(H3,19,21,22,23)/t15-/m1/s1. The minimum Gasteiger partial charge on any atom is -0.478 e. The first kappa shape index (κ1) is 16.6. The van der Waals surface area contributed by atoms with Gasteiger partial charge in [0.2, 0.25) is 5.95 Å². The number of nitrogens with one attached hydrogen (secondary N) is 1. The minimum atomic E-state index is -1.00. The van der Waals surface area contributed by atoms with Crippen molar-refractivity contribution in [3.8, 4) is 0 Å². The summed E-state index contributed by atoms with van der Waals surface area (Å²) in [6.45, 7) is 4.17. The molecule has 0 amide bonds. The van der Waals surface area contributed by atoms with Crippen molar-refractivity contribution in [2.45, 2.75) is 19.9 Å². The smallest absolute Gasteiger partial charge is 0.335 e. The molecule has 4 N–H and O–H groups in total. The van der Waals surface area contributed by atoms with Crippen molar-refractivity contribution in [1.82, 2.24) is 15.0 Å². The lowest BCUT2D eigenvalue weighted by Crippen LogP contribution is -2.18. The highest BCUT2D eigenvalue weighted by atomic mass is 16.4. The molecule has 0 spiro atoms. The molecule has 2 aromatic heterocycles. The van der Waals surface area contributed by atoms with Crippen LogP contribution in [0.2, 0.25) is 0 Å². The van der Waals surface area contributed by atoms with Crippen molar-refractivity contribution in [2.24, 2.45) is 5.92 Å². The molecule has 0 aliphatic heterocycles. The Balaban J connectivity index is 2.10. The molecule has 0 unspecified atom stereocenters. The highest BCUT2D eigenvalue weighted by Gasteiger charge is 2.19. The SMILES string of the molecule is CC(C)[C@@H](Nc1nc(N)nc2ccc(C(=O)O)cc12)c1cccnc1. The second-order valence-corrected chi connectivity index (χ2v) is 6.12. The summed E-state index contributed by atoms with van der Waals surface area (Å²) in [5.41, 5.74) is 7.60. The van der Waals surface area contributed by atoms with E-state index in [2.05, 4.69) is 34.1 Å². The predicted molar refractivity (Wildman–Crippen MR) is 96.3 cm³/mol. The van der Waals surface area contributed by atoms with Gasteiger partial charge in [-0.15, -0.1) is 0 Å². The molecule has 3 rings (SSSR count). The first-order valence-electron chi connectivity index (χ1n) is 7.92. The van der Waals surface area contributed by atoms with E-state index in [0.717, 1.165) is 5.56 Å². The minimum absolute atomic E-state index is 0.0558. The van der Waals surface area contributed by atoms with Gasteiger partial charge in [-0.05, 0) is 35.7 Å². The van der Waals surface area contributed by atoms with Gasteiger partial charge in [0.15, 0.2) is 0 Å². The predicted octanol–water partition coefficient (Wildman–Crippen LogP) is 3.11. The van der Waals surface area contributed by atoms with Gasteiger partial charge in [0.25, 0.3) is 0 Å². The van der Waals surface area contributed by atoms with Crippen LogP contribution in [0.3, 0.4) is 0 Å². The number of carboxylic acid groups (broad SMARTS) is 1. The maximum Gasteiger partial charge on any atom is 0.335 e. The number of nitrogen functional groups attached to an aromatic ring is 1. The number of aromatic carboxylic acids is 1. The molecule has 0 saturated carbocycles. The molecule has 2 heterocycles. The Bertz CT molecular complexity index is 912. The van der Waals surface area contributed by atoms with E-state index in [9.17, 15) is 9.90 Å². The van der Waals surface area contributed by atoms with Gasteiger partial charge < -0.3 is 16.2 Å². The van der Waals surface area contributed by atoms with Crippen LogP contribution >= 0.6 is 0 Å². The van der Waals surface area contributed by atoms with E-state index in [-0.39, 0.29) is 23.5 Å². The number of nitrogens with two attached hydrogens (primary N) is 1. The average Bonchev–Trinajstić information content (AvgIpc) is 2.59. The van der Waals surface area contributed by atoms with Crippen LogP contribution in [-0.2, 0) is 0 Å². The Labute approximate surface area is 144 Å². The van der Waals surface area contributed by atoms with Crippen LogP contribution in [0.1, 0.15) is 35.8 Å². The van der Waals surface area contributed by atoms with Gasteiger partial charge in [0.1, 0.15) is 5.82 Å². The van der Waals surface area contributed by atoms with Gasteiger partial charge in [0.05, 0.1) is 17.1 Å². The van der Waals surface area contributed by atoms with Crippen molar-refractivity contribution in [3.05, 3.63) is 53.9 Å². The third-order valence-electron chi connectivity index (χ3n) is 3.96. The number of aromatic nitrogens is 3. The van der Waals surface area contributed by atoms with Crippen molar-refractivity contribution in [2.75, 3.05) is 11.1 Å². The van der Waals surface area contributed by atoms with Gasteiger partial charge in [0, 0.05) is 17.8 Å². The fourth-order valence-corrected chi connectivity index (χ4v) is 2.73. The van der Waals surface area contributed by atoms with Crippen molar-refractivity contribution < 1.29 is 9.90 Å². The fourth-order valence-electron chi connectivity index (χ4n) is 2.73. The van der Waals surface area contributed by atoms with Gasteiger partial charge in [-0.25, -0.2) is 9.78 Å². The van der Waals surface area contributed by atoms with Crippen LogP contribution in [-0.4, -0.2) is 26.0 Å². The van der Waals surface area contributed by atoms with E-state index >= 15 is 0 Å². The number of nitrogens with zero attached hydrogens (tertiary/aromatic N) is 3. The normalized spacial score (nSPS) is 12.3. The van der Waals surface area contributed by atoms with Gasteiger partial charge in [-0.1, -0.05) is 19.9 Å². The molecular formula is C18H19N5O2. The molecule has 1 aromatic carbocycles. The van der Waals surface area contributed by atoms with Crippen LogP contribution in [0.25, 0.3) is 10.9 Å². The van der Waals surface area contributed by atoms with E-state index in [0.29, 0.717) is 16.7 Å². The molecule has 7 heteroatoms. The van der Waals surface area contributed by atoms with E-state index in [4.69, 9.17) is 5.73 Å². The number of hydrogen-bond donors (Lipinski definition) is 3. The fraction of sp³-hybridized carbons (Fsp3) is 0.222. The number of carbonyl (C=O) groups is 1. The Kier molecular flexibility index (Phi) is 4.47. The molecule has 0 aliphatic rings. The number of rotatable bonds is 5. The third-order valence-corrected chi connectivity index (χ3v) is 3.96. The van der Waals surface area contributed by atoms with E-state index in [1.807, 2.05) is 12.1 Å². The second-order valence-electron chi connectivity index (χ2n) is 6.12. The van der Waals surface area contributed by atoms with E-state index < -0.39 is 5.97 Å². The number of carboxylic acids is 1. The topological polar surface area (TPSA) is 114 Å². The Morgan fingerprint density at radius 2 is 2.04 bits per heavy atom. The maximum atomic E-state index is 11.3. The van der Waals surface area contributed by atoms with Crippen LogP contribution in [0.15, 0.2) is 42.7 Å². The molecule has 1 atom stereocenters. The summed E-state index contributed by atoms with van der Waals surface area (Å²) >= 11 is 0. The zero-order chi connectivity index (χ0) is 18.0. The van der Waals surface area contributed by atoms with Crippen LogP contribution in [0, 0.1) is 5.92 Å². The van der Waals surface area contributed by atoms with Gasteiger partial charge in [-0.3, -0.25) is 4.98 Å². The third kappa shape index (κ3) is 3.50. The monoisotopic (exact) mass is 337 g/mol. The van der Waals surface area contributed by atoms with Crippen molar-refractivity contribution in [3.63, 3.8) is 0 Å². The van der Waals surface area contributed by atoms with Gasteiger partial charge in [-0.2, -0.15) is 4.98 Å². The zero-order valence-corrected chi connectivity index (χ0v) is 14.0. The summed E-state index contributed by atoms with van der Waals surface area (Å²) in [5, 5.41) is 13.2. The van der Waals surface area contributed by atoms with E-state index in [1.54, 1.807) is 24.5 Å². The van der Waals surface area contributed by atoms with Crippen molar-refractivity contribution in [1.29, 1.82) is 0 Å². The molecule has 0 fully saturated rings. The number of pyridine rings is 1. The van der Waals surface area contributed by atoms with Crippen molar-refractivity contribution >= 4 is 28.6 Å². The maximum absolute atomic E-state index is 11.3. The molecule has 3 aromatic rings. The largest absolute Gasteiger partial charge is 0.478 e.